The maximum atomic E-state index is 11.4. The van der Waals surface area contributed by atoms with Crippen LogP contribution in [-0.2, 0) is 14.3 Å². The van der Waals surface area contributed by atoms with Crippen molar-refractivity contribution in [2.24, 2.45) is 11.8 Å². The van der Waals surface area contributed by atoms with Gasteiger partial charge in [-0.2, -0.15) is 0 Å². The average molecular weight is 227 g/mol. The summed E-state index contributed by atoms with van der Waals surface area (Å²) in [6.45, 7) is 2.75. The Morgan fingerprint density at radius 2 is 2.19 bits per heavy atom. The van der Waals surface area contributed by atoms with Crippen LogP contribution in [0.5, 0.6) is 0 Å². The van der Waals surface area contributed by atoms with Crippen LogP contribution in [0.4, 0.5) is 0 Å². The Kier molecular flexibility index (Phi) is 3.43. The number of likely N-dealkylation sites (tertiary alicyclic amines) is 1. The summed E-state index contributed by atoms with van der Waals surface area (Å²) in [6, 6.07) is 0. The van der Waals surface area contributed by atoms with Crippen LogP contribution >= 0.6 is 0 Å². The van der Waals surface area contributed by atoms with Crippen molar-refractivity contribution in [3.05, 3.63) is 0 Å². The molecule has 0 aromatic carbocycles. The van der Waals surface area contributed by atoms with Crippen LogP contribution in [-0.4, -0.2) is 48.2 Å². The van der Waals surface area contributed by atoms with Gasteiger partial charge in [-0.3, -0.25) is 9.59 Å². The van der Waals surface area contributed by atoms with Gasteiger partial charge in [-0.15, -0.1) is 0 Å². The standard InChI is InChI=1S/C11H17NO4/c13-10(14)9(7-12-4-1-2-5-12)8-3-6-16-11(8)15/h8-9H,1-7H2,(H,13,14). The summed E-state index contributed by atoms with van der Waals surface area (Å²) < 4.78 is 4.84. The highest BCUT2D eigenvalue weighted by Gasteiger charge is 2.39. The normalized spacial score (nSPS) is 28.0. The summed E-state index contributed by atoms with van der Waals surface area (Å²) in [7, 11) is 0. The van der Waals surface area contributed by atoms with E-state index in [-0.39, 0.29) is 5.97 Å². The largest absolute Gasteiger partial charge is 0.481 e. The lowest BCUT2D eigenvalue weighted by Crippen LogP contribution is -2.37. The third-order valence-corrected chi connectivity index (χ3v) is 3.43. The van der Waals surface area contributed by atoms with E-state index < -0.39 is 17.8 Å². The molecule has 1 N–H and O–H groups in total. The third-order valence-electron chi connectivity index (χ3n) is 3.43. The van der Waals surface area contributed by atoms with Crippen molar-refractivity contribution in [3.63, 3.8) is 0 Å². The number of esters is 1. The number of nitrogens with zero attached hydrogens (tertiary/aromatic N) is 1. The number of carbonyl (C=O) groups excluding carboxylic acids is 1. The zero-order chi connectivity index (χ0) is 11.5. The molecule has 2 heterocycles. The van der Waals surface area contributed by atoms with Gasteiger partial charge in [-0.25, -0.2) is 0 Å². The molecule has 2 saturated heterocycles. The van der Waals surface area contributed by atoms with Gasteiger partial charge in [0.1, 0.15) is 0 Å². The van der Waals surface area contributed by atoms with Crippen molar-refractivity contribution in [3.8, 4) is 0 Å². The second-order valence-electron chi connectivity index (χ2n) is 4.52. The van der Waals surface area contributed by atoms with Gasteiger partial charge >= 0.3 is 11.9 Å². The maximum absolute atomic E-state index is 11.4. The van der Waals surface area contributed by atoms with E-state index >= 15 is 0 Å². The van der Waals surface area contributed by atoms with Gasteiger partial charge in [0.2, 0.25) is 0 Å². The van der Waals surface area contributed by atoms with Crippen LogP contribution in [0, 0.1) is 11.8 Å². The van der Waals surface area contributed by atoms with Crippen molar-refractivity contribution in [1.29, 1.82) is 0 Å². The molecule has 5 heteroatoms. The number of ether oxygens (including phenoxy) is 1. The molecule has 2 rings (SSSR count). The van der Waals surface area contributed by atoms with Crippen molar-refractivity contribution in [2.45, 2.75) is 19.3 Å². The Balaban J connectivity index is 1.98. The van der Waals surface area contributed by atoms with Crippen molar-refractivity contribution in [2.75, 3.05) is 26.2 Å². The molecule has 2 aliphatic heterocycles. The minimum absolute atomic E-state index is 0.341. The van der Waals surface area contributed by atoms with Gasteiger partial charge < -0.3 is 14.7 Å². The van der Waals surface area contributed by atoms with Crippen molar-refractivity contribution >= 4 is 11.9 Å². The monoisotopic (exact) mass is 227 g/mol. The predicted octanol–water partition coefficient (Wildman–Crippen LogP) is 0.346. The Labute approximate surface area is 94.4 Å². The van der Waals surface area contributed by atoms with E-state index in [4.69, 9.17) is 4.74 Å². The predicted molar refractivity (Wildman–Crippen MR) is 55.9 cm³/mol. The molecule has 0 saturated carbocycles. The second kappa shape index (κ2) is 4.82. The van der Waals surface area contributed by atoms with Gasteiger partial charge in [-0.05, 0) is 32.4 Å². The van der Waals surface area contributed by atoms with Crippen LogP contribution in [0.15, 0.2) is 0 Å². The Morgan fingerprint density at radius 1 is 1.50 bits per heavy atom. The van der Waals surface area contributed by atoms with Gasteiger partial charge in [-0.1, -0.05) is 0 Å². The Bertz CT molecular complexity index is 286. The van der Waals surface area contributed by atoms with Crippen LogP contribution in [0.3, 0.4) is 0 Å². The lowest BCUT2D eigenvalue weighted by Gasteiger charge is -2.22. The number of hydrogen-bond donors (Lipinski definition) is 1. The molecule has 2 atom stereocenters. The number of carboxylic acids is 1. The zero-order valence-electron chi connectivity index (χ0n) is 9.22. The first kappa shape index (κ1) is 11.4. The van der Waals surface area contributed by atoms with E-state index in [9.17, 15) is 14.7 Å². The number of carboxylic acid groups (broad SMARTS) is 1. The molecule has 0 aliphatic carbocycles. The van der Waals surface area contributed by atoms with Crippen LogP contribution < -0.4 is 0 Å². The summed E-state index contributed by atoms with van der Waals surface area (Å²) in [6.07, 6.45) is 2.80. The number of cyclic esters (lactones) is 1. The van der Waals surface area contributed by atoms with E-state index in [0.29, 0.717) is 19.6 Å². The molecule has 0 aromatic rings. The van der Waals surface area contributed by atoms with E-state index in [1.807, 2.05) is 0 Å². The fourth-order valence-electron chi connectivity index (χ4n) is 2.50. The first-order valence-corrected chi connectivity index (χ1v) is 5.80. The first-order valence-electron chi connectivity index (χ1n) is 5.80. The van der Waals surface area contributed by atoms with Gasteiger partial charge in [0.05, 0.1) is 18.4 Å². The number of aliphatic carboxylic acids is 1. The lowest BCUT2D eigenvalue weighted by molar-refractivity contribution is -0.152. The summed E-state index contributed by atoms with van der Waals surface area (Å²) in [5.74, 6) is -2.27. The maximum Gasteiger partial charge on any atom is 0.309 e. The molecule has 0 aromatic heterocycles. The van der Waals surface area contributed by atoms with Crippen LogP contribution in [0.25, 0.3) is 0 Å². The molecule has 0 bridgehead atoms. The molecule has 90 valence electrons. The molecule has 16 heavy (non-hydrogen) atoms. The molecule has 0 amide bonds. The van der Waals surface area contributed by atoms with Crippen molar-refractivity contribution in [1.82, 2.24) is 4.90 Å². The lowest BCUT2D eigenvalue weighted by atomic mass is 9.90. The molecular formula is C11H17NO4. The fraction of sp³-hybridized carbons (Fsp3) is 0.818. The second-order valence-corrected chi connectivity index (χ2v) is 4.52. The highest BCUT2D eigenvalue weighted by molar-refractivity contribution is 5.82. The number of hydrogen-bond acceptors (Lipinski definition) is 4. The SMILES string of the molecule is O=C(O)C(CN1CCCC1)C1CCOC1=O. The number of carbonyl (C=O) groups is 2. The topological polar surface area (TPSA) is 66.8 Å². The summed E-state index contributed by atoms with van der Waals surface area (Å²) in [4.78, 5) is 24.7. The minimum atomic E-state index is -0.879. The van der Waals surface area contributed by atoms with E-state index in [0.717, 1.165) is 25.9 Å². The van der Waals surface area contributed by atoms with Gasteiger partial charge in [0, 0.05) is 6.54 Å². The fourth-order valence-corrected chi connectivity index (χ4v) is 2.50. The van der Waals surface area contributed by atoms with E-state index in [1.54, 1.807) is 0 Å². The first-order chi connectivity index (χ1) is 7.68. The number of rotatable bonds is 4. The molecule has 2 unspecified atom stereocenters. The highest BCUT2D eigenvalue weighted by Crippen LogP contribution is 2.25. The van der Waals surface area contributed by atoms with E-state index in [2.05, 4.69) is 4.90 Å². The molecule has 0 spiro atoms. The summed E-state index contributed by atoms with van der Waals surface area (Å²) >= 11 is 0. The smallest absolute Gasteiger partial charge is 0.309 e. The Morgan fingerprint density at radius 3 is 2.69 bits per heavy atom. The Hall–Kier alpha value is -1.10. The molecule has 2 fully saturated rings. The molecule has 2 aliphatic rings. The van der Waals surface area contributed by atoms with E-state index in [1.165, 1.54) is 0 Å². The molecule has 5 nitrogen and oxygen atoms in total. The molecule has 0 radical (unpaired) electrons. The summed E-state index contributed by atoms with van der Waals surface area (Å²) in [5, 5.41) is 9.18. The van der Waals surface area contributed by atoms with Crippen LogP contribution in [0.2, 0.25) is 0 Å². The summed E-state index contributed by atoms with van der Waals surface area (Å²) in [5.41, 5.74) is 0. The highest BCUT2D eigenvalue weighted by atomic mass is 16.5. The van der Waals surface area contributed by atoms with Gasteiger partial charge in [0.15, 0.2) is 0 Å². The third kappa shape index (κ3) is 2.35. The van der Waals surface area contributed by atoms with Crippen LogP contribution in [0.1, 0.15) is 19.3 Å². The minimum Gasteiger partial charge on any atom is -0.481 e. The zero-order valence-corrected chi connectivity index (χ0v) is 9.22. The quantitative estimate of drug-likeness (QED) is 0.702. The average Bonchev–Trinajstić information content (AvgIpc) is 2.85. The molecular weight excluding hydrogens is 210 g/mol. The van der Waals surface area contributed by atoms with Gasteiger partial charge in [0.25, 0.3) is 0 Å². The van der Waals surface area contributed by atoms with Crippen molar-refractivity contribution < 1.29 is 19.4 Å².